The van der Waals surface area contributed by atoms with E-state index in [-0.39, 0.29) is 5.83 Å². The van der Waals surface area contributed by atoms with Crippen LogP contribution >= 0.6 is 15.9 Å². The molecule has 0 aliphatic rings. The fraction of sp³-hybridized carbons (Fsp3) is 0.429. The third kappa shape index (κ3) is 5.45. The lowest BCUT2D eigenvalue weighted by atomic mass is 10.1. The van der Waals surface area contributed by atoms with E-state index in [0.717, 1.165) is 22.9 Å². The van der Waals surface area contributed by atoms with Crippen LogP contribution in [-0.4, -0.2) is 0 Å². The molecule has 1 rings (SSSR count). The van der Waals surface area contributed by atoms with Gasteiger partial charge >= 0.3 is 0 Å². The van der Waals surface area contributed by atoms with Gasteiger partial charge in [-0.25, -0.2) is 4.39 Å². The molecule has 0 nitrogen and oxygen atoms in total. The van der Waals surface area contributed by atoms with Crippen LogP contribution in [-0.2, 0) is 0 Å². The summed E-state index contributed by atoms with van der Waals surface area (Å²) in [6.45, 7) is 2.16. The fourth-order valence-electron chi connectivity index (χ4n) is 1.53. The van der Waals surface area contributed by atoms with Gasteiger partial charge in [-0.05, 0) is 36.6 Å². The first-order valence-electron chi connectivity index (χ1n) is 5.84. The number of hydrogen-bond acceptors (Lipinski definition) is 0. The SMILES string of the molecule is CCCCCC/C(F)=C/c1ccc(Br)cc1. The Morgan fingerprint density at radius 3 is 2.50 bits per heavy atom. The number of hydrogen-bond donors (Lipinski definition) is 0. The van der Waals surface area contributed by atoms with Crippen molar-refractivity contribution >= 4 is 22.0 Å². The van der Waals surface area contributed by atoms with Gasteiger partial charge in [-0.15, -0.1) is 0 Å². The van der Waals surface area contributed by atoms with Gasteiger partial charge in [0.1, 0.15) is 5.83 Å². The molecule has 0 saturated carbocycles. The highest BCUT2D eigenvalue weighted by atomic mass is 79.9. The molecule has 0 aromatic heterocycles. The van der Waals surface area contributed by atoms with Gasteiger partial charge < -0.3 is 0 Å². The molecule has 0 heterocycles. The van der Waals surface area contributed by atoms with Crippen molar-refractivity contribution in [1.82, 2.24) is 0 Å². The maximum Gasteiger partial charge on any atom is 0.101 e. The molecule has 0 fully saturated rings. The summed E-state index contributed by atoms with van der Waals surface area (Å²) in [6, 6.07) is 7.68. The van der Waals surface area contributed by atoms with E-state index < -0.39 is 0 Å². The lowest BCUT2D eigenvalue weighted by Crippen LogP contribution is -1.79. The second kappa shape index (κ2) is 7.61. The maximum absolute atomic E-state index is 13.5. The van der Waals surface area contributed by atoms with E-state index in [4.69, 9.17) is 0 Å². The van der Waals surface area contributed by atoms with E-state index in [1.807, 2.05) is 24.3 Å². The molecule has 0 bridgehead atoms. The fourth-order valence-corrected chi connectivity index (χ4v) is 1.80. The minimum atomic E-state index is -0.0153. The van der Waals surface area contributed by atoms with Crippen molar-refractivity contribution in [3.63, 3.8) is 0 Å². The zero-order valence-electron chi connectivity index (χ0n) is 9.68. The van der Waals surface area contributed by atoms with Crippen LogP contribution in [0.2, 0.25) is 0 Å². The Balaban J connectivity index is 2.40. The average molecular weight is 285 g/mol. The summed E-state index contributed by atoms with van der Waals surface area (Å²) in [6.07, 6.45) is 6.66. The summed E-state index contributed by atoms with van der Waals surface area (Å²) in [5.41, 5.74) is 0.927. The summed E-state index contributed by atoms with van der Waals surface area (Å²) in [5.74, 6) is -0.0153. The Bertz CT molecular complexity index is 327. The van der Waals surface area contributed by atoms with Gasteiger partial charge in [-0.1, -0.05) is 54.2 Å². The van der Waals surface area contributed by atoms with Crippen molar-refractivity contribution in [3.8, 4) is 0 Å². The predicted octanol–water partition coefficient (Wildman–Crippen LogP) is 5.73. The molecule has 0 unspecified atom stereocenters. The lowest BCUT2D eigenvalue weighted by molar-refractivity contribution is 0.558. The van der Waals surface area contributed by atoms with Crippen molar-refractivity contribution in [1.29, 1.82) is 0 Å². The van der Waals surface area contributed by atoms with Gasteiger partial charge in [0.05, 0.1) is 0 Å². The van der Waals surface area contributed by atoms with Crippen LogP contribution in [0.3, 0.4) is 0 Å². The number of rotatable bonds is 6. The van der Waals surface area contributed by atoms with Crippen LogP contribution in [0.25, 0.3) is 6.08 Å². The molecule has 1 aromatic carbocycles. The van der Waals surface area contributed by atoms with Gasteiger partial charge in [0.15, 0.2) is 0 Å². The lowest BCUT2D eigenvalue weighted by Gasteiger charge is -1.99. The summed E-state index contributed by atoms with van der Waals surface area (Å²) in [4.78, 5) is 0. The molecule has 0 saturated heterocycles. The van der Waals surface area contributed by atoms with Crippen LogP contribution in [0.15, 0.2) is 34.6 Å². The molecule has 1 aromatic rings. The minimum absolute atomic E-state index is 0.0153. The molecule has 0 amide bonds. The Labute approximate surface area is 106 Å². The van der Waals surface area contributed by atoms with Gasteiger partial charge in [-0.2, -0.15) is 0 Å². The van der Waals surface area contributed by atoms with Crippen LogP contribution < -0.4 is 0 Å². The zero-order chi connectivity index (χ0) is 11.8. The summed E-state index contributed by atoms with van der Waals surface area (Å²) < 4.78 is 14.5. The van der Waals surface area contributed by atoms with Gasteiger partial charge in [0, 0.05) is 4.47 Å². The molecule has 0 aliphatic heterocycles. The Morgan fingerprint density at radius 2 is 1.88 bits per heavy atom. The first-order chi connectivity index (χ1) is 7.72. The van der Waals surface area contributed by atoms with Crippen molar-refractivity contribution < 1.29 is 4.39 Å². The van der Waals surface area contributed by atoms with Crippen LogP contribution in [0.4, 0.5) is 4.39 Å². The van der Waals surface area contributed by atoms with Crippen LogP contribution in [0.1, 0.15) is 44.6 Å². The monoisotopic (exact) mass is 284 g/mol. The highest BCUT2D eigenvalue weighted by Gasteiger charge is 1.96. The van der Waals surface area contributed by atoms with E-state index in [9.17, 15) is 4.39 Å². The molecule has 16 heavy (non-hydrogen) atoms. The Hall–Kier alpha value is -0.630. The first kappa shape index (κ1) is 13.4. The zero-order valence-corrected chi connectivity index (χ0v) is 11.3. The molecule has 0 atom stereocenters. The quantitative estimate of drug-likeness (QED) is 0.585. The molecule has 2 heteroatoms. The smallest absolute Gasteiger partial charge is 0.101 e. The first-order valence-corrected chi connectivity index (χ1v) is 6.63. The molecule has 0 spiro atoms. The minimum Gasteiger partial charge on any atom is -0.212 e. The Morgan fingerprint density at radius 1 is 1.19 bits per heavy atom. The number of unbranched alkanes of at least 4 members (excludes halogenated alkanes) is 3. The highest BCUT2D eigenvalue weighted by Crippen LogP contribution is 2.17. The normalized spacial score (nSPS) is 11.8. The van der Waals surface area contributed by atoms with Crippen molar-refractivity contribution in [3.05, 3.63) is 40.1 Å². The van der Waals surface area contributed by atoms with Gasteiger partial charge in [-0.3, -0.25) is 0 Å². The highest BCUT2D eigenvalue weighted by molar-refractivity contribution is 9.10. The molecule has 0 aliphatic carbocycles. The van der Waals surface area contributed by atoms with E-state index >= 15 is 0 Å². The molecule has 0 radical (unpaired) electrons. The van der Waals surface area contributed by atoms with E-state index in [1.165, 1.54) is 12.8 Å². The number of benzene rings is 1. The second-order valence-electron chi connectivity index (χ2n) is 3.95. The van der Waals surface area contributed by atoms with Gasteiger partial charge in [0.25, 0.3) is 0 Å². The molecular formula is C14H18BrF. The average Bonchev–Trinajstić information content (AvgIpc) is 2.28. The third-order valence-corrected chi connectivity index (χ3v) is 2.99. The third-order valence-electron chi connectivity index (χ3n) is 2.46. The standard InChI is InChI=1S/C14H18BrF/c1-2-3-4-5-6-14(16)11-12-7-9-13(15)10-8-12/h7-11H,2-6H2,1H3/b14-11-. The van der Waals surface area contributed by atoms with Crippen molar-refractivity contribution in [2.24, 2.45) is 0 Å². The predicted molar refractivity (Wildman–Crippen MR) is 72.0 cm³/mol. The maximum atomic E-state index is 13.5. The summed E-state index contributed by atoms with van der Waals surface area (Å²) in [5, 5.41) is 0. The topological polar surface area (TPSA) is 0 Å². The summed E-state index contributed by atoms with van der Waals surface area (Å²) in [7, 11) is 0. The van der Waals surface area contributed by atoms with Crippen molar-refractivity contribution in [2.45, 2.75) is 39.0 Å². The molecule has 88 valence electrons. The summed E-state index contributed by atoms with van der Waals surface area (Å²) >= 11 is 3.36. The largest absolute Gasteiger partial charge is 0.212 e. The van der Waals surface area contributed by atoms with Crippen molar-refractivity contribution in [2.75, 3.05) is 0 Å². The second-order valence-corrected chi connectivity index (χ2v) is 4.87. The molecular weight excluding hydrogens is 267 g/mol. The van der Waals surface area contributed by atoms with E-state index in [2.05, 4.69) is 22.9 Å². The number of allylic oxidation sites excluding steroid dienone is 1. The molecule has 0 N–H and O–H groups in total. The van der Waals surface area contributed by atoms with Crippen LogP contribution in [0.5, 0.6) is 0 Å². The van der Waals surface area contributed by atoms with Gasteiger partial charge in [0.2, 0.25) is 0 Å². The van der Waals surface area contributed by atoms with E-state index in [1.54, 1.807) is 6.08 Å². The Kier molecular flexibility index (Phi) is 6.39. The van der Waals surface area contributed by atoms with E-state index in [0.29, 0.717) is 6.42 Å². The van der Waals surface area contributed by atoms with Crippen LogP contribution in [0, 0.1) is 0 Å². The number of halogens is 2.